The molecule has 2 heterocycles. The van der Waals surface area contributed by atoms with E-state index in [2.05, 4.69) is 46.2 Å². The fraction of sp³-hybridized carbons (Fsp3) is 0.812. The highest BCUT2D eigenvalue weighted by Gasteiger charge is 2.58. The van der Waals surface area contributed by atoms with Crippen LogP contribution >= 0.6 is 0 Å². The van der Waals surface area contributed by atoms with Crippen LogP contribution in [0.1, 0.15) is 39.4 Å². The van der Waals surface area contributed by atoms with E-state index in [9.17, 15) is 9.90 Å². The fourth-order valence-electron chi connectivity index (χ4n) is 4.77. The van der Waals surface area contributed by atoms with Gasteiger partial charge in [0.15, 0.2) is 0 Å². The van der Waals surface area contributed by atoms with E-state index in [-0.39, 0.29) is 23.8 Å². The SMILES string of the molecule is CCN1CC2(C[C@@H](O)[C@H](NC(=O)Cc3ncn[nH]3)C2)C1C(C)C. The highest BCUT2D eigenvalue weighted by Crippen LogP contribution is 2.52. The molecule has 1 amide bonds. The topological polar surface area (TPSA) is 94.1 Å². The van der Waals surface area contributed by atoms with Gasteiger partial charge in [0.05, 0.1) is 18.6 Å². The molecule has 2 aliphatic rings. The summed E-state index contributed by atoms with van der Waals surface area (Å²) in [4.78, 5) is 18.6. The van der Waals surface area contributed by atoms with Gasteiger partial charge in [-0.15, -0.1) is 0 Å². The summed E-state index contributed by atoms with van der Waals surface area (Å²) >= 11 is 0. The van der Waals surface area contributed by atoms with Gasteiger partial charge in [-0.2, -0.15) is 5.10 Å². The van der Waals surface area contributed by atoms with E-state index in [1.54, 1.807) is 0 Å². The molecule has 7 heteroatoms. The second-order valence-electron chi connectivity index (χ2n) is 7.37. The Morgan fingerprint density at radius 1 is 1.57 bits per heavy atom. The first-order chi connectivity index (χ1) is 10.9. The van der Waals surface area contributed by atoms with Crippen LogP contribution in [0.3, 0.4) is 0 Å². The van der Waals surface area contributed by atoms with Crippen molar-refractivity contribution in [3.05, 3.63) is 12.2 Å². The predicted octanol–water partition coefficient (Wildman–Crippen LogP) is 0.333. The summed E-state index contributed by atoms with van der Waals surface area (Å²) < 4.78 is 0. The van der Waals surface area contributed by atoms with Gasteiger partial charge in [0.1, 0.15) is 12.2 Å². The number of rotatable bonds is 5. The molecule has 23 heavy (non-hydrogen) atoms. The van der Waals surface area contributed by atoms with Crippen LogP contribution in [0.4, 0.5) is 0 Å². The Hall–Kier alpha value is -1.47. The van der Waals surface area contributed by atoms with E-state index in [0.717, 1.165) is 25.9 Å². The molecular weight excluding hydrogens is 294 g/mol. The first-order valence-corrected chi connectivity index (χ1v) is 8.51. The molecule has 2 unspecified atom stereocenters. The lowest BCUT2D eigenvalue weighted by atomic mass is 9.65. The van der Waals surface area contributed by atoms with Crippen molar-refractivity contribution < 1.29 is 9.90 Å². The van der Waals surface area contributed by atoms with Crippen molar-refractivity contribution in [1.82, 2.24) is 25.4 Å². The Morgan fingerprint density at radius 3 is 2.96 bits per heavy atom. The summed E-state index contributed by atoms with van der Waals surface area (Å²) in [5, 5.41) is 19.9. The molecule has 1 aliphatic heterocycles. The predicted molar refractivity (Wildman–Crippen MR) is 85.6 cm³/mol. The minimum atomic E-state index is -0.464. The summed E-state index contributed by atoms with van der Waals surface area (Å²) in [6.45, 7) is 8.75. The summed E-state index contributed by atoms with van der Waals surface area (Å²) in [5.41, 5.74) is 0.147. The number of hydrogen-bond donors (Lipinski definition) is 3. The largest absolute Gasteiger partial charge is 0.391 e. The molecule has 0 aromatic carbocycles. The molecule has 3 rings (SSSR count). The Balaban J connectivity index is 1.61. The van der Waals surface area contributed by atoms with Crippen molar-refractivity contribution in [2.24, 2.45) is 11.3 Å². The van der Waals surface area contributed by atoms with Crippen LogP contribution in [0.15, 0.2) is 6.33 Å². The molecule has 2 fully saturated rings. The summed E-state index contributed by atoms with van der Waals surface area (Å²) in [6.07, 6.45) is 2.73. The zero-order chi connectivity index (χ0) is 16.6. The number of H-pyrrole nitrogens is 1. The van der Waals surface area contributed by atoms with Crippen molar-refractivity contribution in [2.75, 3.05) is 13.1 Å². The number of aliphatic hydroxyl groups is 1. The third-order valence-corrected chi connectivity index (χ3v) is 5.42. The molecule has 1 aromatic rings. The van der Waals surface area contributed by atoms with Crippen LogP contribution in [0.2, 0.25) is 0 Å². The monoisotopic (exact) mass is 321 g/mol. The van der Waals surface area contributed by atoms with Gasteiger partial charge in [0.2, 0.25) is 5.91 Å². The maximum Gasteiger partial charge on any atom is 0.227 e. The van der Waals surface area contributed by atoms with E-state index in [4.69, 9.17) is 0 Å². The zero-order valence-corrected chi connectivity index (χ0v) is 14.1. The number of aliphatic hydroxyl groups excluding tert-OH is 1. The van der Waals surface area contributed by atoms with E-state index in [1.807, 2.05) is 0 Å². The lowest BCUT2D eigenvalue weighted by molar-refractivity contribution is -0.122. The van der Waals surface area contributed by atoms with Crippen molar-refractivity contribution in [2.45, 2.75) is 58.2 Å². The fourth-order valence-corrected chi connectivity index (χ4v) is 4.77. The summed E-state index contributed by atoms with van der Waals surface area (Å²) in [6, 6.07) is 0.337. The van der Waals surface area contributed by atoms with Gasteiger partial charge >= 0.3 is 0 Å². The highest BCUT2D eigenvalue weighted by molar-refractivity contribution is 5.78. The Morgan fingerprint density at radius 2 is 2.35 bits per heavy atom. The third-order valence-electron chi connectivity index (χ3n) is 5.42. The maximum atomic E-state index is 12.1. The van der Waals surface area contributed by atoms with Crippen molar-refractivity contribution in [1.29, 1.82) is 0 Å². The van der Waals surface area contributed by atoms with Gasteiger partial charge in [0.25, 0.3) is 0 Å². The van der Waals surface area contributed by atoms with Crippen molar-refractivity contribution in [3.63, 3.8) is 0 Å². The normalized spacial score (nSPS) is 34.0. The van der Waals surface area contributed by atoms with Gasteiger partial charge in [0, 0.05) is 18.0 Å². The van der Waals surface area contributed by atoms with E-state index in [1.165, 1.54) is 6.33 Å². The number of carbonyl (C=O) groups excluding carboxylic acids is 1. The van der Waals surface area contributed by atoms with Crippen LogP contribution in [0, 0.1) is 11.3 Å². The molecule has 0 bridgehead atoms. The van der Waals surface area contributed by atoms with Gasteiger partial charge in [-0.05, 0) is 25.3 Å². The van der Waals surface area contributed by atoms with Crippen LogP contribution in [-0.4, -0.2) is 62.4 Å². The van der Waals surface area contributed by atoms with Crippen LogP contribution in [0.5, 0.6) is 0 Å². The minimum absolute atomic E-state index is 0.115. The number of likely N-dealkylation sites (tertiary alicyclic amines) is 1. The summed E-state index contributed by atoms with van der Waals surface area (Å²) in [7, 11) is 0. The Kier molecular flexibility index (Phi) is 4.42. The average Bonchev–Trinajstić information content (AvgIpc) is 3.05. The van der Waals surface area contributed by atoms with Gasteiger partial charge in [-0.3, -0.25) is 14.8 Å². The van der Waals surface area contributed by atoms with Gasteiger partial charge in [-0.1, -0.05) is 20.8 Å². The molecule has 1 spiro atoms. The number of nitrogens with one attached hydrogen (secondary N) is 2. The molecule has 1 saturated carbocycles. The van der Waals surface area contributed by atoms with Crippen molar-refractivity contribution in [3.8, 4) is 0 Å². The second kappa shape index (κ2) is 6.20. The lowest BCUT2D eigenvalue weighted by Gasteiger charge is -2.58. The number of nitrogens with zero attached hydrogens (tertiary/aromatic N) is 3. The average molecular weight is 321 g/mol. The molecular formula is C16H27N5O2. The molecule has 1 aromatic heterocycles. The maximum absolute atomic E-state index is 12.1. The summed E-state index contributed by atoms with van der Waals surface area (Å²) in [5.74, 6) is 0.987. The van der Waals surface area contributed by atoms with Crippen molar-refractivity contribution >= 4 is 5.91 Å². The molecule has 0 radical (unpaired) electrons. The highest BCUT2D eigenvalue weighted by atomic mass is 16.3. The number of aromatic nitrogens is 3. The van der Waals surface area contributed by atoms with Crippen LogP contribution in [0.25, 0.3) is 0 Å². The Labute approximate surface area is 136 Å². The van der Waals surface area contributed by atoms with Gasteiger partial charge < -0.3 is 10.4 Å². The molecule has 4 atom stereocenters. The molecule has 128 valence electrons. The van der Waals surface area contributed by atoms with E-state index < -0.39 is 6.10 Å². The number of hydrogen-bond acceptors (Lipinski definition) is 5. The van der Waals surface area contributed by atoms with E-state index >= 15 is 0 Å². The zero-order valence-electron chi connectivity index (χ0n) is 14.1. The first-order valence-electron chi connectivity index (χ1n) is 8.51. The standard InChI is InChI=1S/C16H27N5O2/c1-4-21-8-16(15(21)10(2)3)6-11(12(22)7-16)19-14(23)5-13-17-9-18-20-13/h9-12,15,22H,4-8H2,1-3H3,(H,19,23)(H,17,18,20)/t11-,12-,15?,16?/m1/s1. The number of aromatic amines is 1. The van der Waals surface area contributed by atoms with Crippen LogP contribution < -0.4 is 5.32 Å². The van der Waals surface area contributed by atoms with E-state index in [0.29, 0.717) is 17.8 Å². The van der Waals surface area contributed by atoms with Crippen LogP contribution in [-0.2, 0) is 11.2 Å². The number of carbonyl (C=O) groups is 1. The second-order valence-corrected chi connectivity index (χ2v) is 7.37. The molecule has 1 saturated heterocycles. The van der Waals surface area contributed by atoms with Gasteiger partial charge in [-0.25, -0.2) is 4.98 Å². The Bertz CT molecular complexity index is 547. The smallest absolute Gasteiger partial charge is 0.227 e. The first kappa shape index (κ1) is 16.4. The quantitative estimate of drug-likeness (QED) is 0.727. The minimum Gasteiger partial charge on any atom is -0.391 e. The third kappa shape index (κ3) is 2.99. The number of amides is 1. The molecule has 1 aliphatic carbocycles. The lowest BCUT2D eigenvalue weighted by Crippen LogP contribution is -2.65. The molecule has 7 nitrogen and oxygen atoms in total. The molecule has 3 N–H and O–H groups in total.